The average Bonchev–Trinajstić information content (AvgIpc) is 2.72. The summed E-state index contributed by atoms with van der Waals surface area (Å²) in [6.45, 7) is 2.28. The second-order valence-electron chi connectivity index (χ2n) is 8.95. The number of nitrogens with two attached hydrogens (primary N) is 1. The first kappa shape index (κ1) is 26.4. The number of hydrogen-bond donors (Lipinski definition) is 2. The van der Waals surface area contributed by atoms with Crippen molar-refractivity contribution < 1.29 is 9.84 Å². The molecule has 178 valence electrons. The molecule has 0 atom stereocenters. The van der Waals surface area contributed by atoms with E-state index in [1.54, 1.807) is 0 Å². The van der Waals surface area contributed by atoms with Crippen LogP contribution in [0.1, 0.15) is 122 Å². The number of nitrogens with zero attached hydrogens (tertiary/aromatic N) is 3. The monoisotopic (exact) mass is 546 g/mol. The van der Waals surface area contributed by atoms with Crippen LogP contribution in [0.15, 0.2) is 0 Å². The average molecular weight is 547 g/mol. The van der Waals surface area contributed by atoms with Crippen LogP contribution in [-0.4, -0.2) is 21.2 Å². The lowest BCUT2D eigenvalue weighted by molar-refractivity contribution is 0.110. The highest BCUT2D eigenvalue weighted by atomic mass is 127. The molecular formula is C24H43IN4O2. The fourth-order valence-electron chi connectivity index (χ4n) is 3.95. The van der Waals surface area contributed by atoms with Crippen LogP contribution in [-0.2, 0) is 6.42 Å². The summed E-state index contributed by atoms with van der Waals surface area (Å²) in [6, 6.07) is 0. The van der Waals surface area contributed by atoms with Crippen LogP contribution in [0.2, 0.25) is 0 Å². The normalized spacial score (nSPS) is 13.9. The smallest absolute Gasteiger partial charge is 0.262 e. The molecule has 1 aliphatic rings. The number of aromatic nitrogens is 2. The first-order valence-corrected chi connectivity index (χ1v) is 13.6. The van der Waals surface area contributed by atoms with Crippen molar-refractivity contribution in [3.63, 3.8) is 0 Å². The summed E-state index contributed by atoms with van der Waals surface area (Å²) in [5.41, 5.74) is 0.644. The maximum absolute atomic E-state index is 10.6. The summed E-state index contributed by atoms with van der Waals surface area (Å²) in [5.74, 6) is 6.57. The number of anilines is 1. The molecule has 0 radical (unpaired) electrons. The van der Waals surface area contributed by atoms with Crippen molar-refractivity contribution >= 4 is 28.8 Å². The van der Waals surface area contributed by atoms with Crippen LogP contribution in [0.5, 0.6) is 11.6 Å². The van der Waals surface area contributed by atoms with Crippen molar-refractivity contribution in [3.05, 3.63) is 5.69 Å². The molecule has 0 aromatic carbocycles. The number of unbranched alkanes of at least 4 members (excludes halogenated alkanes) is 13. The van der Waals surface area contributed by atoms with Crippen LogP contribution in [0, 0.1) is 0 Å². The van der Waals surface area contributed by atoms with E-state index in [0.717, 1.165) is 32.1 Å². The Bertz CT molecular complexity index is 611. The molecule has 6 nitrogen and oxygen atoms in total. The standard InChI is InChI=1S/C24H43IN4O2/c1-2-3-4-5-6-7-8-9-10-11-12-13-14-15-19-21-22(30)23(31-20-17-16-18-20)28-24(27-21)29(25)26/h20,30H,2-19,26H2,1H3. The number of halogens is 1. The molecule has 1 fully saturated rings. The third-order valence-corrected chi connectivity index (χ3v) is 6.63. The summed E-state index contributed by atoms with van der Waals surface area (Å²) < 4.78 is 7.20. The minimum absolute atomic E-state index is 0.0867. The molecule has 7 heteroatoms. The number of hydrogen-bond acceptors (Lipinski definition) is 6. The largest absolute Gasteiger partial charge is 0.502 e. The minimum Gasteiger partial charge on any atom is -0.502 e. The highest BCUT2D eigenvalue weighted by molar-refractivity contribution is 14.1. The van der Waals surface area contributed by atoms with Gasteiger partial charge < -0.3 is 9.84 Å². The number of ether oxygens (including phenoxy) is 1. The van der Waals surface area contributed by atoms with Crippen LogP contribution >= 0.6 is 22.9 Å². The maximum Gasteiger partial charge on any atom is 0.262 e. The molecule has 1 aliphatic carbocycles. The Hall–Kier alpha value is -0.830. The van der Waals surface area contributed by atoms with Gasteiger partial charge in [0.25, 0.3) is 11.8 Å². The van der Waals surface area contributed by atoms with Crippen LogP contribution in [0.25, 0.3) is 0 Å². The van der Waals surface area contributed by atoms with E-state index in [1.165, 1.54) is 86.7 Å². The highest BCUT2D eigenvalue weighted by Crippen LogP contribution is 2.34. The predicted molar refractivity (Wildman–Crippen MR) is 137 cm³/mol. The second-order valence-corrected chi connectivity index (χ2v) is 9.99. The molecular weight excluding hydrogens is 503 g/mol. The molecule has 2 rings (SSSR count). The quantitative estimate of drug-likeness (QED) is 0.0668. The van der Waals surface area contributed by atoms with Gasteiger partial charge in [0, 0.05) is 0 Å². The van der Waals surface area contributed by atoms with Gasteiger partial charge in [0.2, 0.25) is 5.75 Å². The second kappa shape index (κ2) is 15.9. The van der Waals surface area contributed by atoms with E-state index in [9.17, 15) is 5.11 Å². The molecule has 1 heterocycles. The number of aromatic hydroxyl groups is 1. The van der Waals surface area contributed by atoms with Gasteiger partial charge in [-0.2, -0.15) is 4.98 Å². The first-order valence-electron chi connectivity index (χ1n) is 12.6. The van der Waals surface area contributed by atoms with Gasteiger partial charge in [-0.05, 0) is 32.1 Å². The summed E-state index contributed by atoms with van der Waals surface area (Å²) in [5, 5.41) is 10.6. The lowest BCUT2D eigenvalue weighted by Gasteiger charge is -2.26. The van der Waals surface area contributed by atoms with Gasteiger partial charge in [0.1, 0.15) is 6.10 Å². The topological polar surface area (TPSA) is 84.5 Å². The molecule has 0 spiro atoms. The maximum atomic E-state index is 10.6. The zero-order valence-electron chi connectivity index (χ0n) is 19.5. The van der Waals surface area contributed by atoms with Gasteiger partial charge in [-0.15, -0.1) is 0 Å². The molecule has 0 unspecified atom stereocenters. The Kier molecular flexibility index (Phi) is 13.5. The predicted octanol–water partition coefficient (Wildman–Crippen LogP) is 7.17. The third kappa shape index (κ3) is 10.6. The molecule has 0 bridgehead atoms. The molecule has 1 aromatic rings. The number of aryl methyl sites for hydroxylation is 1. The zero-order chi connectivity index (χ0) is 22.3. The Morgan fingerprint density at radius 1 is 0.903 bits per heavy atom. The van der Waals surface area contributed by atoms with E-state index in [4.69, 9.17) is 10.6 Å². The van der Waals surface area contributed by atoms with Gasteiger partial charge in [-0.1, -0.05) is 90.4 Å². The van der Waals surface area contributed by atoms with Crippen molar-refractivity contribution in [2.45, 2.75) is 129 Å². The molecule has 1 aromatic heterocycles. The van der Waals surface area contributed by atoms with Crippen LogP contribution < -0.4 is 13.8 Å². The molecule has 0 amide bonds. The minimum atomic E-state index is 0.0867. The first-order chi connectivity index (χ1) is 15.1. The van der Waals surface area contributed by atoms with E-state index < -0.39 is 0 Å². The van der Waals surface area contributed by atoms with Crippen molar-refractivity contribution in [3.8, 4) is 11.6 Å². The lowest BCUT2D eigenvalue weighted by Crippen LogP contribution is -2.26. The van der Waals surface area contributed by atoms with Gasteiger partial charge in [-0.25, -0.2) is 14.0 Å². The molecule has 0 saturated heterocycles. The number of hydrazine groups is 1. The Balaban J connectivity index is 1.57. The number of rotatable bonds is 18. The Labute approximate surface area is 203 Å². The lowest BCUT2D eigenvalue weighted by atomic mass is 9.96. The highest BCUT2D eigenvalue weighted by Gasteiger charge is 2.24. The van der Waals surface area contributed by atoms with Crippen molar-refractivity contribution in [2.75, 3.05) is 3.22 Å². The van der Waals surface area contributed by atoms with Gasteiger partial charge >= 0.3 is 0 Å². The Morgan fingerprint density at radius 2 is 1.42 bits per heavy atom. The van der Waals surface area contributed by atoms with Crippen molar-refractivity contribution in [1.29, 1.82) is 0 Å². The molecule has 0 aliphatic heterocycles. The molecule has 1 saturated carbocycles. The zero-order valence-corrected chi connectivity index (χ0v) is 21.6. The molecule has 31 heavy (non-hydrogen) atoms. The van der Waals surface area contributed by atoms with Crippen molar-refractivity contribution in [2.24, 2.45) is 5.84 Å². The summed E-state index contributed by atoms with van der Waals surface area (Å²) >= 11 is 1.94. The summed E-state index contributed by atoms with van der Waals surface area (Å²) in [4.78, 5) is 8.72. The van der Waals surface area contributed by atoms with E-state index in [-0.39, 0.29) is 17.7 Å². The fraction of sp³-hybridized carbons (Fsp3) is 0.833. The fourth-order valence-corrected chi connectivity index (χ4v) is 4.17. The summed E-state index contributed by atoms with van der Waals surface area (Å²) in [6.07, 6.45) is 22.7. The van der Waals surface area contributed by atoms with E-state index in [2.05, 4.69) is 16.9 Å². The Morgan fingerprint density at radius 3 is 1.87 bits per heavy atom. The third-order valence-electron chi connectivity index (χ3n) is 6.20. The van der Waals surface area contributed by atoms with Crippen molar-refractivity contribution in [1.82, 2.24) is 9.97 Å². The van der Waals surface area contributed by atoms with E-state index in [0.29, 0.717) is 11.6 Å². The van der Waals surface area contributed by atoms with Gasteiger partial charge in [-0.3, -0.25) is 0 Å². The van der Waals surface area contributed by atoms with Crippen LogP contribution in [0.4, 0.5) is 5.95 Å². The van der Waals surface area contributed by atoms with Gasteiger partial charge in [0.05, 0.1) is 28.6 Å². The van der Waals surface area contributed by atoms with E-state index in [1.807, 2.05) is 22.9 Å². The summed E-state index contributed by atoms with van der Waals surface area (Å²) in [7, 11) is 0. The van der Waals surface area contributed by atoms with Gasteiger partial charge in [0.15, 0.2) is 0 Å². The molecule has 3 N–H and O–H groups in total. The SMILES string of the molecule is CCCCCCCCCCCCCCCCc1nc(N(N)I)nc(OC2CCC2)c1O. The van der Waals surface area contributed by atoms with E-state index >= 15 is 0 Å². The van der Waals surface area contributed by atoms with Crippen LogP contribution in [0.3, 0.4) is 0 Å².